The molecule has 1 amide bonds. The van der Waals surface area contributed by atoms with Gasteiger partial charge in [-0.25, -0.2) is 8.42 Å². The highest BCUT2D eigenvalue weighted by Crippen LogP contribution is 2.30. The average molecular weight is 434 g/mol. The lowest BCUT2D eigenvalue weighted by molar-refractivity contribution is -0.159. The predicted molar refractivity (Wildman–Crippen MR) is 112 cm³/mol. The minimum atomic E-state index is -3.10. The Balaban J connectivity index is 1.41. The molecular weight excluding hydrogens is 406 g/mol. The van der Waals surface area contributed by atoms with Crippen LogP contribution in [0.25, 0.3) is 11.0 Å². The number of benzene rings is 1. The number of ether oxygens (including phenoxy) is 1. The monoisotopic (exact) mass is 433 g/mol. The van der Waals surface area contributed by atoms with E-state index >= 15 is 0 Å². The van der Waals surface area contributed by atoms with Gasteiger partial charge < -0.3 is 14.1 Å². The molecule has 0 spiro atoms. The predicted octanol–water partition coefficient (Wildman–Crippen LogP) is 2.43. The first-order chi connectivity index (χ1) is 14.3. The van der Waals surface area contributed by atoms with Gasteiger partial charge in [0, 0.05) is 23.5 Å². The molecule has 2 unspecified atom stereocenters. The minimum absolute atomic E-state index is 0.0212. The molecule has 4 rings (SSSR count). The number of amides is 1. The van der Waals surface area contributed by atoms with Crippen LogP contribution in [0.1, 0.15) is 43.4 Å². The van der Waals surface area contributed by atoms with Crippen LogP contribution in [0.3, 0.4) is 0 Å². The second-order valence-corrected chi connectivity index (χ2v) is 10.5. The summed E-state index contributed by atoms with van der Waals surface area (Å²) in [5.74, 6) is -0.803. The van der Waals surface area contributed by atoms with Crippen molar-refractivity contribution in [3.8, 4) is 0 Å². The molecule has 1 aromatic carbocycles. The Morgan fingerprint density at radius 2 is 2.00 bits per heavy atom. The van der Waals surface area contributed by atoms with Gasteiger partial charge in [0.2, 0.25) is 0 Å². The van der Waals surface area contributed by atoms with Gasteiger partial charge in [-0.1, -0.05) is 0 Å². The molecule has 0 radical (unpaired) electrons. The minimum Gasteiger partial charge on any atom is -0.464 e. The lowest BCUT2D eigenvalue weighted by Gasteiger charge is -2.29. The molecule has 8 heteroatoms. The molecule has 0 saturated carbocycles. The van der Waals surface area contributed by atoms with E-state index in [1.54, 1.807) is 13.2 Å². The number of sulfone groups is 1. The van der Waals surface area contributed by atoms with Crippen LogP contribution in [-0.4, -0.2) is 55.4 Å². The fourth-order valence-electron chi connectivity index (χ4n) is 4.58. The molecule has 0 N–H and O–H groups in total. The van der Waals surface area contributed by atoms with E-state index in [2.05, 4.69) is 6.07 Å². The molecule has 1 aliphatic carbocycles. The van der Waals surface area contributed by atoms with E-state index in [1.165, 1.54) is 23.0 Å². The number of rotatable bonds is 6. The number of furan rings is 1. The quantitative estimate of drug-likeness (QED) is 0.650. The van der Waals surface area contributed by atoms with Crippen LogP contribution in [0.15, 0.2) is 22.8 Å². The molecule has 7 nitrogen and oxygen atoms in total. The SMILES string of the molecule is CCN(C(=O)C(C)OC(=O)Cc1coc2cc3c(cc12)CCC3)C1CCS(=O)(=O)C1. The van der Waals surface area contributed by atoms with Crippen molar-refractivity contribution in [3.63, 3.8) is 0 Å². The number of nitrogens with zero attached hydrogens (tertiary/aromatic N) is 1. The molecule has 1 saturated heterocycles. The Bertz CT molecular complexity index is 1090. The summed E-state index contributed by atoms with van der Waals surface area (Å²) in [6.07, 6.45) is 4.28. The third kappa shape index (κ3) is 4.10. The third-order valence-electron chi connectivity index (χ3n) is 6.13. The van der Waals surface area contributed by atoms with Crippen LogP contribution in [0.4, 0.5) is 0 Å². The number of carbonyl (C=O) groups excluding carboxylic acids is 2. The van der Waals surface area contributed by atoms with Crippen molar-refractivity contribution in [1.82, 2.24) is 4.90 Å². The fourth-order valence-corrected chi connectivity index (χ4v) is 6.31. The molecule has 1 aromatic heterocycles. The number of likely N-dealkylation sites (N-methyl/N-ethyl adjacent to an activating group) is 1. The number of hydrogen-bond acceptors (Lipinski definition) is 6. The molecule has 2 heterocycles. The maximum Gasteiger partial charge on any atom is 0.311 e. The van der Waals surface area contributed by atoms with Crippen LogP contribution in [0.2, 0.25) is 0 Å². The van der Waals surface area contributed by atoms with Crippen molar-refractivity contribution in [2.75, 3.05) is 18.1 Å². The van der Waals surface area contributed by atoms with Crippen molar-refractivity contribution in [2.45, 2.75) is 58.1 Å². The Morgan fingerprint density at radius 3 is 2.67 bits per heavy atom. The number of carbonyl (C=O) groups is 2. The van der Waals surface area contributed by atoms with E-state index in [1.807, 2.05) is 6.07 Å². The number of esters is 1. The van der Waals surface area contributed by atoms with Crippen LogP contribution in [-0.2, 0) is 43.4 Å². The van der Waals surface area contributed by atoms with Crippen molar-refractivity contribution < 1.29 is 27.2 Å². The Labute approximate surface area is 176 Å². The van der Waals surface area contributed by atoms with Crippen molar-refractivity contribution in [2.24, 2.45) is 0 Å². The molecule has 1 aliphatic heterocycles. The average Bonchev–Trinajstić information content (AvgIpc) is 3.39. The van der Waals surface area contributed by atoms with Gasteiger partial charge in [0.05, 0.1) is 24.2 Å². The van der Waals surface area contributed by atoms with Gasteiger partial charge >= 0.3 is 5.97 Å². The van der Waals surface area contributed by atoms with Crippen LogP contribution in [0, 0.1) is 0 Å². The summed E-state index contributed by atoms with van der Waals surface area (Å²) in [5.41, 5.74) is 4.12. The Hall–Kier alpha value is -2.35. The highest BCUT2D eigenvalue weighted by Gasteiger charge is 2.36. The molecule has 1 fully saturated rings. The van der Waals surface area contributed by atoms with Gasteiger partial charge in [-0.3, -0.25) is 9.59 Å². The molecule has 2 aromatic rings. The first-order valence-corrected chi connectivity index (χ1v) is 12.3. The summed E-state index contributed by atoms with van der Waals surface area (Å²) in [4.78, 5) is 26.8. The van der Waals surface area contributed by atoms with E-state index < -0.39 is 21.9 Å². The Kier molecular flexibility index (Phi) is 5.61. The lowest BCUT2D eigenvalue weighted by atomic mass is 10.0. The zero-order chi connectivity index (χ0) is 21.5. The van der Waals surface area contributed by atoms with Crippen LogP contribution in [0.5, 0.6) is 0 Å². The maximum absolute atomic E-state index is 12.8. The third-order valence-corrected chi connectivity index (χ3v) is 7.88. The maximum atomic E-state index is 12.8. The summed E-state index contributed by atoms with van der Waals surface area (Å²) in [5, 5.41) is 0.915. The van der Waals surface area contributed by atoms with E-state index in [4.69, 9.17) is 9.15 Å². The highest BCUT2D eigenvalue weighted by atomic mass is 32.2. The molecule has 0 bridgehead atoms. The van der Waals surface area contributed by atoms with E-state index in [0.717, 1.165) is 35.8 Å². The number of hydrogen-bond donors (Lipinski definition) is 0. The zero-order valence-corrected chi connectivity index (χ0v) is 18.2. The smallest absolute Gasteiger partial charge is 0.311 e. The van der Waals surface area contributed by atoms with Crippen LogP contribution < -0.4 is 0 Å². The summed E-state index contributed by atoms with van der Waals surface area (Å²) in [6.45, 7) is 3.71. The summed E-state index contributed by atoms with van der Waals surface area (Å²) in [7, 11) is -3.10. The molecule has 2 atom stereocenters. The van der Waals surface area contributed by atoms with E-state index in [0.29, 0.717) is 13.0 Å². The Morgan fingerprint density at radius 1 is 1.27 bits per heavy atom. The summed E-state index contributed by atoms with van der Waals surface area (Å²) in [6, 6.07) is 3.79. The molecule has 2 aliphatic rings. The van der Waals surface area contributed by atoms with E-state index in [-0.39, 0.29) is 29.9 Å². The van der Waals surface area contributed by atoms with E-state index in [9.17, 15) is 18.0 Å². The normalized spacial score (nSPS) is 20.8. The number of aryl methyl sites for hydroxylation is 2. The standard InChI is InChI=1S/C22H27NO6S/c1-3-23(18-7-8-30(26,27)13-18)22(25)14(2)29-21(24)11-17-12-28-20-10-16-6-4-5-15(16)9-19(17)20/h9-10,12,14,18H,3-8,11,13H2,1-2H3. The van der Waals surface area contributed by atoms with Crippen molar-refractivity contribution in [1.29, 1.82) is 0 Å². The largest absolute Gasteiger partial charge is 0.464 e. The van der Waals surface area contributed by atoms with Crippen molar-refractivity contribution >= 4 is 32.7 Å². The first kappa shape index (κ1) is 20.9. The lowest BCUT2D eigenvalue weighted by Crippen LogP contribution is -2.46. The van der Waals surface area contributed by atoms with Gasteiger partial charge in [0.1, 0.15) is 5.58 Å². The van der Waals surface area contributed by atoms with Gasteiger partial charge in [-0.05, 0) is 62.8 Å². The summed E-state index contributed by atoms with van der Waals surface area (Å²) < 4.78 is 34.5. The van der Waals surface area contributed by atoms with Crippen LogP contribution >= 0.6 is 0 Å². The second-order valence-electron chi connectivity index (χ2n) is 8.22. The van der Waals surface area contributed by atoms with Gasteiger partial charge in [0.25, 0.3) is 5.91 Å². The van der Waals surface area contributed by atoms with Gasteiger partial charge in [0.15, 0.2) is 15.9 Å². The first-order valence-electron chi connectivity index (χ1n) is 10.5. The second kappa shape index (κ2) is 8.06. The fraction of sp³-hybridized carbons (Fsp3) is 0.545. The number of fused-ring (bicyclic) bond motifs is 2. The molecule has 30 heavy (non-hydrogen) atoms. The molecule has 162 valence electrons. The summed E-state index contributed by atoms with van der Waals surface area (Å²) >= 11 is 0. The van der Waals surface area contributed by atoms with Gasteiger partial charge in [-0.2, -0.15) is 0 Å². The highest BCUT2D eigenvalue weighted by molar-refractivity contribution is 7.91. The van der Waals surface area contributed by atoms with Crippen molar-refractivity contribution in [3.05, 3.63) is 35.1 Å². The van der Waals surface area contributed by atoms with Gasteiger partial charge in [-0.15, -0.1) is 0 Å². The molecular formula is C22H27NO6S. The topological polar surface area (TPSA) is 93.9 Å². The zero-order valence-electron chi connectivity index (χ0n) is 17.3.